The molecule has 0 aliphatic rings. The summed E-state index contributed by atoms with van der Waals surface area (Å²) in [5.41, 5.74) is 3.44. The zero-order chi connectivity index (χ0) is 19.1. The summed E-state index contributed by atoms with van der Waals surface area (Å²) < 4.78 is 7.05. The van der Waals surface area contributed by atoms with Gasteiger partial charge in [0.05, 0.1) is 12.4 Å². The van der Waals surface area contributed by atoms with Gasteiger partial charge >= 0.3 is 5.97 Å². The third kappa shape index (κ3) is 4.98. The van der Waals surface area contributed by atoms with Crippen LogP contribution in [0.1, 0.15) is 30.8 Å². The van der Waals surface area contributed by atoms with Gasteiger partial charge in [-0.25, -0.2) is 0 Å². The lowest BCUT2D eigenvalue weighted by molar-refractivity contribution is -0.139. The van der Waals surface area contributed by atoms with Gasteiger partial charge in [-0.15, -0.1) is 10.2 Å². The summed E-state index contributed by atoms with van der Waals surface area (Å²) in [5.74, 6) is 0.810. The molecule has 0 unspecified atom stereocenters. The van der Waals surface area contributed by atoms with Gasteiger partial charge in [-0.2, -0.15) is 0 Å². The maximum absolute atomic E-state index is 11.7. The number of aryl methyl sites for hydroxylation is 1. The van der Waals surface area contributed by atoms with Gasteiger partial charge < -0.3 is 4.74 Å². The number of aromatic nitrogens is 3. The molecule has 0 bridgehead atoms. The molecule has 3 rings (SSSR count). The number of ether oxygens (including phenoxy) is 1. The van der Waals surface area contributed by atoms with Crippen molar-refractivity contribution >= 4 is 17.7 Å². The fraction of sp³-hybridized carbons (Fsp3) is 0.286. The number of rotatable bonds is 8. The van der Waals surface area contributed by atoms with E-state index in [2.05, 4.69) is 53.5 Å². The van der Waals surface area contributed by atoms with Crippen molar-refractivity contribution in [2.45, 2.75) is 31.8 Å². The molecule has 1 heterocycles. The Hall–Kier alpha value is -2.60. The first kappa shape index (κ1) is 19.2. The van der Waals surface area contributed by atoms with Crippen LogP contribution in [0.4, 0.5) is 0 Å². The van der Waals surface area contributed by atoms with E-state index >= 15 is 0 Å². The highest BCUT2D eigenvalue weighted by atomic mass is 32.2. The van der Waals surface area contributed by atoms with Crippen molar-refractivity contribution in [1.82, 2.24) is 14.8 Å². The van der Waals surface area contributed by atoms with Crippen LogP contribution in [0.3, 0.4) is 0 Å². The van der Waals surface area contributed by atoms with Gasteiger partial charge in [0.2, 0.25) is 0 Å². The number of benzene rings is 2. The molecule has 0 fully saturated rings. The number of esters is 1. The molecule has 3 aromatic rings. The molecule has 27 heavy (non-hydrogen) atoms. The average Bonchev–Trinajstić information content (AvgIpc) is 3.10. The fourth-order valence-corrected chi connectivity index (χ4v) is 3.52. The van der Waals surface area contributed by atoms with Crippen LogP contribution in [0.2, 0.25) is 0 Å². The first-order valence-corrected chi connectivity index (χ1v) is 10.1. The molecule has 6 heteroatoms. The molecule has 0 spiro atoms. The summed E-state index contributed by atoms with van der Waals surface area (Å²) in [5, 5.41) is 9.42. The summed E-state index contributed by atoms with van der Waals surface area (Å²) in [4.78, 5) is 11.7. The molecule has 0 N–H and O–H groups in total. The minimum absolute atomic E-state index is 0.213. The van der Waals surface area contributed by atoms with Crippen LogP contribution in [0, 0.1) is 0 Å². The summed E-state index contributed by atoms with van der Waals surface area (Å²) >= 11 is 1.35. The predicted octanol–water partition coefficient (Wildman–Crippen LogP) is 4.08. The second kappa shape index (κ2) is 9.37. The van der Waals surface area contributed by atoms with Crippen molar-refractivity contribution < 1.29 is 9.53 Å². The van der Waals surface area contributed by atoms with Gasteiger partial charge in [-0.3, -0.25) is 9.36 Å². The van der Waals surface area contributed by atoms with Crippen LogP contribution in [0.25, 0.3) is 5.69 Å². The Labute approximate surface area is 163 Å². The maximum Gasteiger partial charge on any atom is 0.316 e. The number of carbonyl (C=O) groups excluding carboxylic acids is 1. The molecule has 0 saturated carbocycles. The van der Waals surface area contributed by atoms with Crippen LogP contribution in [-0.2, 0) is 22.4 Å². The average molecular weight is 382 g/mol. The molecule has 2 aromatic carbocycles. The summed E-state index contributed by atoms with van der Waals surface area (Å²) in [6.45, 7) is 4.32. The molecule has 0 amide bonds. The maximum atomic E-state index is 11.7. The number of hydrogen-bond donors (Lipinski definition) is 0. The van der Waals surface area contributed by atoms with Crippen molar-refractivity contribution in [2.24, 2.45) is 0 Å². The van der Waals surface area contributed by atoms with Gasteiger partial charge in [0.15, 0.2) is 5.16 Å². The molecular weight excluding hydrogens is 358 g/mol. The number of carbonyl (C=O) groups is 1. The molecule has 140 valence electrons. The Balaban J connectivity index is 1.91. The van der Waals surface area contributed by atoms with Crippen molar-refractivity contribution in [1.29, 1.82) is 0 Å². The third-order valence-corrected chi connectivity index (χ3v) is 5.04. The van der Waals surface area contributed by atoms with E-state index in [0.29, 0.717) is 18.2 Å². The van der Waals surface area contributed by atoms with E-state index in [1.165, 1.54) is 22.9 Å². The van der Waals surface area contributed by atoms with Crippen LogP contribution in [0.15, 0.2) is 59.8 Å². The fourth-order valence-electron chi connectivity index (χ4n) is 2.75. The minimum Gasteiger partial charge on any atom is -0.465 e. The van der Waals surface area contributed by atoms with Crippen LogP contribution in [-0.4, -0.2) is 33.1 Å². The molecular formula is C21H23N3O2S. The summed E-state index contributed by atoms with van der Waals surface area (Å²) in [7, 11) is 0. The molecule has 0 atom stereocenters. The molecule has 0 saturated heterocycles. The minimum atomic E-state index is -0.247. The van der Waals surface area contributed by atoms with Crippen molar-refractivity contribution in [3.63, 3.8) is 0 Å². The van der Waals surface area contributed by atoms with Gasteiger partial charge in [0.25, 0.3) is 0 Å². The second-order valence-electron chi connectivity index (χ2n) is 6.01. The smallest absolute Gasteiger partial charge is 0.316 e. The van der Waals surface area contributed by atoms with E-state index in [-0.39, 0.29) is 11.7 Å². The van der Waals surface area contributed by atoms with Crippen molar-refractivity contribution in [2.75, 3.05) is 12.4 Å². The summed E-state index contributed by atoms with van der Waals surface area (Å²) in [6.07, 6.45) is 1.66. The van der Waals surface area contributed by atoms with Gasteiger partial charge in [0, 0.05) is 12.1 Å². The van der Waals surface area contributed by atoms with Crippen LogP contribution >= 0.6 is 11.8 Å². The van der Waals surface area contributed by atoms with E-state index in [1.54, 1.807) is 6.92 Å². The zero-order valence-electron chi connectivity index (χ0n) is 15.6. The molecule has 1 aromatic heterocycles. The van der Waals surface area contributed by atoms with E-state index < -0.39 is 0 Å². The van der Waals surface area contributed by atoms with E-state index in [1.807, 2.05) is 22.8 Å². The number of nitrogens with zero attached hydrogens (tertiary/aromatic N) is 3. The highest BCUT2D eigenvalue weighted by Gasteiger charge is 2.16. The largest absolute Gasteiger partial charge is 0.465 e. The Morgan fingerprint density at radius 2 is 1.74 bits per heavy atom. The number of hydrogen-bond acceptors (Lipinski definition) is 5. The van der Waals surface area contributed by atoms with Gasteiger partial charge in [-0.05, 0) is 36.6 Å². The second-order valence-corrected chi connectivity index (χ2v) is 6.95. The molecule has 0 radical (unpaired) electrons. The van der Waals surface area contributed by atoms with Gasteiger partial charge in [-0.1, -0.05) is 61.2 Å². The Kier molecular flexibility index (Phi) is 6.65. The Bertz CT molecular complexity index is 876. The highest BCUT2D eigenvalue weighted by Crippen LogP contribution is 2.24. The van der Waals surface area contributed by atoms with E-state index in [4.69, 9.17) is 4.74 Å². The van der Waals surface area contributed by atoms with Crippen LogP contribution in [0.5, 0.6) is 0 Å². The normalized spacial score (nSPS) is 10.7. The molecule has 0 aliphatic carbocycles. The molecule has 0 aliphatic heterocycles. The monoisotopic (exact) mass is 381 g/mol. The lowest BCUT2D eigenvalue weighted by Crippen LogP contribution is -2.08. The third-order valence-electron chi connectivity index (χ3n) is 4.13. The standard InChI is InChI=1S/C21H23N3O2S/c1-3-16-10-12-18(13-11-16)24-19(14-17-8-6-5-7-9-17)22-23-21(24)27-15-20(25)26-4-2/h5-13H,3-4,14-15H2,1-2H3. The Morgan fingerprint density at radius 1 is 1.00 bits per heavy atom. The first-order chi connectivity index (χ1) is 13.2. The topological polar surface area (TPSA) is 57.0 Å². The predicted molar refractivity (Wildman–Crippen MR) is 107 cm³/mol. The zero-order valence-corrected chi connectivity index (χ0v) is 16.4. The van der Waals surface area contributed by atoms with E-state index in [0.717, 1.165) is 17.9 Å². The van der Waals surface area contributed by atoms with Crippen molar-refractivity contribution in [3.8, 4) is 5.69 Å². The summed E-state index contributed by atoms with van der Waals surface area (Å²) in [6, 6.07) is 18.6. The highest BCUT2D eigenvalue weighted by molar-refractivity contribution is 7.99. The quantitative estimate of drug-likeness (QED) is 0.435. The molecule has 5 nitrogen and oxygen atoms in total. The van der Waals surface area contributed by atoms with Crippen molar-refractivity contribution in [3.05, 3.63) is 71.5 Å². The number of thioether (sulfide) groups is 1. The first-order valence-electron chi connectivity index (χ1n) is 9.07. The van der Waals surface area contributed by atoms with Gasteiger partial charge in [0.1, 0.15) is 5.82 Å². The lowest BCUT2D eigenvalue weighted by Gasteiger charge is -2.11. The Morgan fingerprint density at radius 3 is 2.41 bits per heavy atom. The lowest BCUT2D eigenvalue weighted by atomic mass is 10.1. The van der Waals surface area contributed by atoms with Crippen LogP contribution < -0.4 is 0 Å². The van der Waals surface area contributed by atoms with E-state index in [9.17, 15) is 4.79 Å². The SMILES string of the molecule is CCOC(=O)CSc1nnc(Cc2ccccc2)n1-c1ccc(CC)cc1.